The van der Waals surface area contributed by atoms with Crippen LogP contribution in [0.5, 0.6) is 11.5 Å². The van der Waals surface area contributed by atoms with Crippen molar-refractivity contribution in [3.63, 3.8) is 0 Å². The highest BCUT2D eigenvalue weighted by Crippen LogP contribution is 2.36. The van der Waals surface area contributed by atoms with Gasteiger partial charge in [0.1, 0.15) is 5.76 Å². The number of rotatable bonds is 5. The number of oxazole rings is 1. The van der Waals surface area contributed by atoms with Gasteiger partial charge < -0.3 is 19.2 Å². The average molecular weight is 378 g/mol. The summed E-state index contributed by atoms with van der Waals surface area (Å²) in [5.41, 5.74) is 2.40. The lowest BCUT2D eigenvalue weighted by Crippen LogP contribution is -2.15. The van der Waals surface area contributed by atoms with Crippen molar-refractivity contribution in [2.45, 2.75) is 20.3 Å². The maximum atomic E-state index is 12.4. The van der Waals surface area contributed by atoms with Crippen LogP contribution in [-0.4, -0.2) is 23.5 Å². The zero-order valence-corrected chi connectivity index (χ0v) is 15.4. The number of carbonyl (C=O) groups is 2. The lowest BCUT2D eigenvalue weighted by atomic mass is 10.1. The third-order valence-corrected chi connectivity index (χ3v) is 4.39. The summed E-state index contributed by atoms with van der Waals surface area (Å²) >= 11 is 0. The molecule has 0 saturated carbocycles. The third kappa shape index (κ3) is 3.59. The summed E-state index contributed by atoms with van der Waals surface area (Å²) in [6, 6.07) is 12.2. The fourth-order valence-corrected chi connectivity index (χ4v) is 2.92. The van der Waals surface area contributed by atoms with Crippen molar-refractivity contribution < 1.29 is 23.5 Å². The van der Waals surface area contributed by atoms with Gasteiger partial charge in [-0.1, -0.05) is 12.1 Å². The van der Waals surface area contributed by atoms with Crippen molar-refractivity contribution in [3.8, 4) is 23.0 Å². The predicted octanol–water partition coefficient (Wildman–Crippen LogP) is 3.76. The normalized spacial score (nSPS) is 12.1. The summed E-state index contributed by atoms with van der Waals surface area (Å²) in [5.74, 6) is 2.00. The number of aromatic nitrogens is 1. The largest absolute Gasteiger partial charge is 0.454 e. The molecule has 0 unspecified atom stereocenters. The van der Waals surface area contributed by atoms with Crippen LogP contribution >= 0.6 is 0 Å². The number of hydrogen-bond donors (Lipinski definition) is 1. The molecule has 7 heteroatoms. The van der Waals surface area contributed by atoms with E-state index >= 15 is 0 Å². The van der Waals surface area contributed by atoms with E-state index in [4.69, 9.17) is 13.9 Å². The highest BCUT2D eigenvalue weighted by molar-refractivity contribution is 5.97. The molecule has 2 heterocycles. The standard InChI is InChI=1S/C21H18N2O5/c1-12(24)14-4-3-5-16(8-14)22-20(25)10-17-13(2)28-21(23-17)15-6-7-18-19(9-15)27-11-26-18/h3-9H,10-11H2,1-2H3,(H,22,25). The van der Waals surface area contributed by atoms with Gasteiger partial charge in [0, 0.05) is 16.8 Å². The summed E-state index contributed by atoms with van der Waals surface area (Å²) in [6.07, 6.45) is 0.0597. The summed E-state index contributed by atoms with van der Waals surface area (Å²) in [6.45, 7) is 3.44. The number of nitrogens with zero attached hydrogens (tertiary/aromatic N) is 1. The Morgan fingerprint density at radius 1 is 1.11 bits per heavy atom. The first kappa shape index (κ1) is 17.8. The molecule has 7 nitrogen and oxygen atoms in total. The van der Waals surface area contributed by atoms with Crippen molar-refractivity contribution in [2.75, 3.05) is 12.1 Å². The van der Waals surface area contributed by atoms with Crippen LogP contribution in [0.4, 0.5) is 5.69 Å². The van der Waals surface area contributed by atoms with Crippen molar-refractivity contribution in [2.24, 2.45) is 0 Å². The second-order valence-corrected chi connectivity index (χ2v) is 6.45. The number of anilines is 1. The lowest BCUT2D eigenvalue weighted by molar-refractivity contribution is -0.115. The molecule has 0 atom stereocenters. The van der Waals surface area contributed by atoms with E-state index in [1.807, 2.05) is 6.07 Å². The summed E-state index contributed by atoms with van der Waals surface area (Å²) < 4.78 is 16.4. The predicted molar refractivity (Wildman–Crippen MR) is 102 cm³/mol. The summed E-state index contributed by atoms with van der Waals surface area (Å²) in [5, 5.41) is 2.79. The van der Waals surface area contributed by atoms with Gasteiger partial charge in [-0.3, -0.25) is 9.59 Å². The van der Waals surface area contributed by atoms with Crippen LogP contribution in [0.2, 0.25) is 0 Å². The molecular formula is C21H18N2O5. The maximum absolute atomic E-state index is 12.4. The van der Waals surface area contributed by atoms with E-state index in [2.05, 4.69) is 10.3 Å². The Balaban J connectivity index is 1.49. The molecule has 1 aromatic heterocycles. The number of carbonyl (C=O) groups excluding carboxylic acids is 2. The molecular weight excluding hydrogens is 360 g/mol. The number of fused-ring (bicyclic) bond motifs is 1. The van der Waals surface area contributed by atoms with Crippen LogP contribution < -0.4 is 14.8 Å². The van der Waals surface area contributed by atoms with Gasteiger partial charge in [0.25, 0.3) is 0 Å². The minimum Gasteiger partial charge on any atom is -0.454 e. The maximum Gasteiger partial charge on any atom is 0.231 e. The molecule has 4 rings (SSSR count). The first-order chi connectivity index (χ1) is 13.5. The molecule has 0 bridgehead atoms. The van der Waals surface area contributed by atoms with Crippen LogP contribution in [0.25, 0.3) is 11.5 Å². The summed E-state index contributed by atoms with van der Waals surface area (Å²) in [4.78, 5) is 28.3. The number of Topliss-reactive ketones (excluding diaryl/α,β-unsaturated/α-hetero) is 1. The Hall–Kier alpha value is -3.61. The smallest absolute Gasteiger partial charge is 0.231 e. The van der Waals surface area contributed by atoms with Crippen LogP contribution in [0.15, 0.2) is 46.9 Å². The monoisotopic (exact) mass is 378 g/mol. The molecule has 0 aliphatic carbocycles. The molecule has 3 aromatic rings. The highest BCUT2D eigenvalue weighted by atomic mass is 16.7. The molecule has 1 amide bonds. The van der Waals surface area contributed by atoms with Gasteiger partial charge in [-0.25, -0.2) is 4.98 Å². The van der Waals surface area contributed by atoms with Gasteiger partial charge in [0.15, 0.2) is 17.3 Å². The minimum absolute atomic E-state index is 0.0585. The zero-order chi connectivity index (χ0) is 19.7. The second kappa shape index (κ2) is 7.19. The van der Waals surface area contributed by atoms with Crippen molar-refractivity contribution in [1.29, 1.82) is 0 Å². The lowest BCUT2D eigenvalue weighted by Gasteiger charge is -2.05. The molecule has 1 aliphatic rings. The van der Waals surface area contributed by atoms with Gasteiger partial charge in [0.2, 0.25) is 18.6 Å². The SMILES string of the molecule is CC(=O)c1cccc(NC(=O)Cc2nc(-c3ccc4c(c3)OCO4)oc2C)c1. The van der Waals surface area contributed by atoms with Gasteiger partial charge in [-0.05, 0) is 44.2 Å². The molecule has 1 aliphatic heterocycles. The number of ether oxygens (including phenoxy) is 2. The van der Waals surface area contributed by atoms with Crippen molar-refractivity contribution in [1.82, 2.24) is 4.98 Å². The molecule has 0 spiro atoms. The average Bonchev–Trinajstić information content (AvgIpc) is 3.28. The fraction of sp³-hybridized carbons (Fsp3) is 0.190. The van der Waals surface area contributed by atoms with Crippen molar-refractivity contribution >= 4 is 17.4 Å². The van der Waals surface area contributed by atoms with E-state index in [1.54, 1.807) is 43.3 Å². The number of aryl methyl sites for hydroxylation is 1. The van der Waals surface area contributed by atoms with Gasteiger partial charge in [-0.2, -0.15) is 0 Å². The molecule has 142 valence electrons. The van der Waals surface area contributed by atoms with Crippen LogP contribution in [-0.2, 0) is 11.2 Å². The number of ketones is 1. The van der Waals surface area contributed by atoms with Gasteiger partial charge in [0.05, 0.1) is 12.1 Å². The van der Waals surface area contributed by atoms with E-state index in [1.165, 1.54) is 6.92 Å². The van der Waals surface area contributed by atoms with Crippen LogP contribution in [0, 0.1) is 6.92 Å². The quantitative estimate of drug-likeness (QED) is 0.680. The van der Waals surface area contributed by atoms with E-state index < -0.39 is 0 Å². The Morgan fingerprint density at radius 2 is 1.93 bits per heavy atom. The van der Waals surface area contributed by atoms with Gasteiger partial charge in [-0.15, -0.1) is 0 Å². The van der Waals surface area contributed by atoms with Gasteiger partial charge >= 0.3 is 0 Å². The fourth-order valence-electron chi connectivity index (χ4n) is 2.92. The topological polar surface area (TPSA) is 90.7 Å². The third-order valence-electron chi connectivity index (χ3n) is 4.39. The summed E-state index contributed by atoms with van der Waals surface area (Å²) in [7, 11) is 0. The molecule has 0 fully saturated rings. The number of benzene rings is 2. The number of nitrogens with one attached hydrogen (secondary N) is 1. The second-order valence-electron chi connectivity index (χ2n) is 6.45. The molecule has 28 heavy (non-hydrogen) atoms. The molecule has 1 N–H and O–H groups in total. The van der Waals surface area contributed by atoms with Crippen LogP contribution in [0.3, 0.4) is 0 Å². The zero-order valence-electron chi connectivity index (χ0n) is 15.4. The van der Waals surface area contributed by atoms with E-state index in [0.29, 0.717) is 40.1 Å². The van der Waals surface area contributed by atoms with Crippen molar-refractivity contribution in [3.05, 3.63) is 59.5 Å². The Labute approximate surface area is 161 Å². The van der Waals surface area contributed by atoms with E-state index in [0.717, 1.165) is 5.56 Å². The van der Waals surface area contributed by atoms with E-state index in [9.17, 15) is 9.59 Å². The number of amides is 1. The van der Waals surface area contributed by atoms with Crippen LogP contribution in [0.1, 0.15) is 28.7 Å². The number of hydrogen-bond acceptors (Lipinski definition) is 6. The molecule has 0 radical (unpaired) electrons. The molecule has 2 aromatic carbocycles. The highest BCUT2D eigenvalue weighted by Gasteiger charge is 2.19. The Morgan fingerprint density at radius 3 is 2.75 bits per heavy atom. The Bertz CT molecular complexity index is 1070. The van der Waals surface area contributed by atoms with E-state index in [-0.39, 0.29) is 24.9 Å². The molecule has 0 saturated heterocycles. The first-order valence-corrected chi connectivity index (χ1v) is 8.77. The first-order valence-electron chi connectivity index (χ1n) is 8.77. The Kier molecular flexibility index (Phi) is 4.57. The minimum atomic E-state index is -0.241.